The second kappa shape index (κ2) is 7.20. The van der Waals surface area contributed by atoms with E-state index in [0.717, 1.165) is 10.2 Å². The van der Waals surface area contributed by atoms with Gasteiger partial charge in [0.2, 0.25) is 4.80 Å². The second-order valence-corrected chi connectivity index (χ2v) is 7.74. The van der Waals surface area contributed by atoms with Crippen molar-refractivity contribution in [2.24, 2.45) is 4.40 Å². The van der Waals surface area contributed by atoms with Gasteiger partial charge in [0.25, 0.3) is 10.0 Å². The van der Waals surface area contributed by atoms with E-state index in [2.05, 4.69) is 4.40 Å². The predicted molar refractivity (Wildman–Crippen MR) is 95.6 cm³/mol. The van der Waals surface area contributed by atoms with Crippen LogP contribution in [0.15, 0.2) is 63.9 Å². The molecular weight excluding hydrogens is 360 g/mol. The lowest BCUT2D eigenvalue weighted by atomic mass is 10.3. The van der Waals surface area contributed by atoms with Crippen LogP contribution < -0.4 is 4.80 Å². The molecule has 0 amide bonds. The van der Waals surface area contributed by atoms with E-state index in [1.54, 1.807) is 29.7 Å². The van der Waals surface area contributed by atoms with Gasteiger partial charge in [0.15, 0.2) is 0 Å². The molecule has 1 heterocycles. The number of carbonyl (C=O) groups is 1. The van der Waals surface area contributed by atoms with Crippen LogP contribution >= 0.6 is 11.3 Å². The van der Waals surface area contributed by atoms with E-state index >= 15 is 0 Å². The van der Waals surface area contributed by atoms with Crippen LogP contribution in [0.1, 0.15) is 6.92 Å². The Labute approximate surface area is 149 Å². The molecule has 3 rings (SSSR count). The Morgan fingerprint density at radius 3 is 2.52 bits per heavy atom. The fourth-order valence-electron chi connectivity index (χ4n) is 2.33. The average Bonchev–Trinajstić information content (AvgIpc) is 2.93. The summed E-state index contributed by atoms with van der Waals surface area (Å²) in [4.78, 5) is 12.3. The Morgan fingerprint density at radius 1 is 1.12 bits per heavy atom. The van der Waals surface area contributed by atoms with Gasteiger partial charge >= 0.3 is 5.97 Å². The van der Waals surface area contributed by atoms with Gasteiger partial charge in [-0.2, -0.15) is 8.42 Å². The van der Waals surface area contributed by atoms with E-state index < -0.39 is 16.0 Å². The first kappa shape index (κ1) is 17.4. The number of hydrogen-bond acceptors (Lipinski definition) is 5. The maximum atomic E-state index is 12.6. The summed E-state index contributed by atoms with van der Waals surface area (Å²) in [6, 6.07) is 15.3. The summed E-state index contributed by atoms with van der Waals surface area (Å²) in [7, 11) is -3.87. The van der Waals surface area contributed by atoms with E-state index in [1.807, 2.05) is 24.3 Å². The molecule has 2 aromatic carbocycles. The Hall–Kier alpha value is -2.45. The highest BCUT2D eigenvalue weighted by molar-refractivity contribution is 7.90. The molecule has 0 radical (unpaired) electrons. The third kappa shape index (κ3) is 3.80. The summed E-state index contributed by atoms with van der Waals surface area (Å²) in [6.07, 6.45) is 0. The fourth-order valence-corrected chi connectivity index (χ4v) is 4.58. The molecule has 0 fully saturated rings. The van der Waals surface area contributed by atoms with Crippen LogP contribution in [-0.2, 0) is 26.1 Å². The van der Waals surface area contributed by atoms with Gasteiger partial charge < -0.3 is 9.30 Å². The molecule has 0 aliphatic heterocycles. The maximum Gasteiger partial charge on any atom is 0.326 e. The van der Waals surface area contributed by atoms with Crippen molar-refractivity contribution in [3.8, 4) is 0 Å². The van der Waals surface area contributed by atoms with E-state index in [1.165, 1.54) is 23.5 Å². The lowest BCUT2D eigenvalue weighted by Crippen LogP contribution is -2.23. The Morgan fingerprint density at radius 2 is 1.80 bits per heavy atom. The van der Waals surface area contributed by atoms with Gasteiger partial charge in [-0.05, 0) is 31.2 Å². The van der Waals surface area contributed by atoms with Gasteiger partial charge in [-0.15, -0.1) is 4.40 Å². The summed E-state index contributed by atoms with van der Waals surface area (Å²) in [5, 5.41) is 0. The molecule has 0 N–H and O–H groups in total. The number of nitrogens with zero attached hydrogens (tertiary/aromatic N) is 2. The van der Waals surface area contributed by atoms with Crippen molar-refractivity contribution in [1.29, 1.82) is 0 Å². The number of esters is 1. The molecule has 25 heavy (non-hydrogen) atoms. The smallest absolute Gasteiger partial charge is 0.326 e. The standard InChI is InChI=1S/C17H16N2O4S2/c1-2-23-16(20)12-19-14-10-6-7-11-15(14)24-17(19)18-25(21,22)13-8-4-3-5-9-13/h3-11H,2,12H2,1H3/b18-17-. The van der Waals surface area contributed by atoms with Crippen molar-refractivity contribution in [3.05, 3.63) is 59.4 Å². The van der Waals surface area contributed by atoms with Crippen LogP contribution in [0.4, 0.5) is 0 Å². The molecule has 0 bridgehead atoms. The third-order valence-corrected chi connectivity index (χ3v) is 5.88. The molecule has 6 nitrogen and oxygen atoms in total. The third-order valence-electron chi connectivity index (χ3n) is 3.42. The molecule has 1 aromatic heterocycles. The molecule has 130 valence electrons. The number of thiazole rings is 1. The number of ether oxygens (including phenoxy) is 1. The SMILES string of the molecule is CCOC(=O)Cn1/c(=N/S(=O)(=O)c2ccccc2)sc2ccccc21. The van der Waals surface area contributed by atoms with Crippen LogP contribution in [0.3, 0.4) is 0 Å². The second-order valence-electron chi connectivity index (χ2n) is 5.12. The van der Waals surface area contributed by atoms with Crippen LogP contribution in [-0.4, -0.2) is 25.6 Å². The van der Waals surface area contributed by atoms with Gasteiger partial charge in [0, 0.05) is 0 Å². The average molecular weight is 376 g/mol. The van der Waals surface area contributed by atoms with Gasteiger partial charge in [-0.3, -0.25) is 4.79 Å². The number of sulfonamides is 1. The normalized spacial score (nSPS) is 12.4. The number of fused-ring (bicyclic) bond motifs is 1. The van der Waals surface area contributed by atoms with Crippen LogP contribution in [0.2, 0.25) is 0 Å². The van der Waals surface area contributed by atoms with Gasteiger partial charge in [0.05, 0.1) is 21.7 Å². The number of carbonyl (C=O) groups excluding carboxylic acids is 1. The lowest BCUT2D eigenvalue weighted by Gasteiger charge is -2.05. The molecule has 3 aromatic rings. The lowest BCUT2D eigenvalue weighted by molar-refractivity contribution is -0.143. The summed E-state index contributed by atoms with van der Waals surface area (Å²) < 4.78 is 36.5. The number of rotatable bonds is 5. The molecular formula is C17H16N2O4S2. The highest BCUT2D eigenvalue weighted by Crippen LogP contribution is 2.18. The largest absolute Gasteiger partial charge is 0.465 e. The van der Waals surface area contributed by atoms with Crippen molar-refractivity contribution in [2.75, 3.05) is 6.61 Å². The highest BCUT2D eigenvalue weighted by atomic mass is 32.2. The zero-order valence-electron chi connectivity index (χ0n) is 13.5. The minimum Gasteiger partial charge on any atom is -0.465 e. The Kier molecular flexibility index (Phi) is 5.00. The maximum absolute atomic E-state index is 12.6. The highest BCUT2D eigenvalue weighted by Gasteiger charge is 2.16. The quantitative estimate of drug-likeness (QED) is 0.641. The molecule has 0 saturated heterocycles. The van der Waals surface area contributed by atoms with Gasteiger partial charge in [-0.1, -0.05) is 41.7 Å². The molecule has 0 saturated carbocycles. The molecule has 0 aliphatic carbocycles. The van der Waals surface area contributed by atoms with E-state index in [0.29, 0.717) is 0 Å². The van der Waals surface area contributed by atoms with E-state index in [-0.39, 0.29) is 22.8 Å². The summed E-state index contributed by atoms with van der Waals surface area (Å²) in [5.74, 6) is -0.440. The molecule has 0 atom stereocenters. The van der Waals surface area contributed by atoms with E-state index in [4.69, 9.17) is 4.74 Å². The molecule has 0 spiro atoms. The van der Waals surface area contributed by atoms with Crippen molar-refractivity contribution in [2.45, 2.75) is 18.4 Å². The van der Waals surface area contributed by atoms with Crippen molar-refractivity contribution >= 4 is 37.5 Å². The predicted octanol–water partition coefficient (Wildman–Crippen LogP) is 2.56. The number of aromatic nitrogens is 1. The number of hydrogen-bond donors (Lipinski definition) is 0. The Bertz CT molecular complexity index is 1070. The minimum atomic E-state index is -3.87. The number of benzene rings is 2. The van der Waals surface area contributed by atoms with Crippen molar-refractivity contribution in [3.63, 3.8) is 0 Å². The van der Waals surface area contributed by atoms with Crippen molar-refractivity contribution < 1.29 is 17.9 Å². The summed E-state index contributed by atoms with van der Waals surface area (Å²) in [5.41, 5.74) is 0.738. The number of para-hydroxylation sites is 1. The van der Waals surface area contributed by atoms with Crippen LogP contribution in [0.25, 0.3) is 10.2 Å². The van der Waals surface area contributed by atoms with Crippen LogP contribution in [0, 0.1) is 0 Å². The topological polar surface area (TPSA) is 77.7 Å². The van der Waals surface area contributed by atoms with Gasteiger partial charge in [-0.25, -0.2) is 0 Å². The van der Waals surface area contributed by atoms with Crippen molar-refractivity contribution in [1.82, 2.24) is 4.57 Å². The molecule has 8 heteroatoms. The first-order chi connectivity index (χ1) is 12.0. The monoisotopic (exact) mass is 376 g/mol. The summed E-state index contributed by atoms with van der Waals surface area (Å²) >= 11 is 1.21. The zero-order valence-corrected chi connectivity index (χ0v) is 15.1. The first-order valence-electron chi connectivity index (χ1n) is 7.61. The van der Waals surface area contributed by atoms with Crippen LogP contribution in [0.5, 0.6) is 0 Å². The van der Waals surface area contributed by atoms with E-state index in [9.17, 15) is 13.2 Å². The first-order valence-corrected chi connectivity index (χ1v) is 9.87. The minimum absolute atomic E-state index is 0.0962. The molecule has 0 aliphatic rings. The Balaban J connectivity index is 2.17. The van der Waals surface area contributed by atoms with Gasteiger partial charge in [0.1, 0.15) is 6.54 Å². The zero-order chi connectivity index (χ0) is 17.9. The molecule has 0 unspecified atom stereocenters. The summed E-state index contributed by atoms with van der Waals surface area (Å²) in [6.45, 7) is 1.89. The fraction of sp³-hybridized carbons (Fsp3) is 0.176.